The van der Waals surface area contributed by atoms with E-state index in [1.807, 2.05) is 53.1 Å². The molecule has 1 aromatic carbocycles. The predicted molar refractivity (Wildman–Crippen MR) is 114 cm³/mol. The fraction of sp³-hybridized carbons (Fsp3) is 0.409. The molecule has 8 nitrogen and oxygen atoms in total. The van der Waals surface area contributed by atoms with Crippen LogP contribution >= 0.6 is 0 Å². The highest BCUT2D eigenvalue weighted by Crippen LogP contribution is 2.30. The van der Waals surface area contributed by atoms with E-state index in [4.69, 9.17) is 4.74 Å². The van der Waals surface area contributed by atoms with Gasteiger partial charge in [-0.15, -0.1) is 10.2 Å². The monoisotopic (exact) mass is 408 g/mol. The number of aromatic nitrogens is 3. The van der Waals surface area contributed by atoms with Crippen molar-refractivity contribution < 1.29 is 9.53 Å². The Bertz CT molecular complexity index is 1020. The number of nitrogens with one attached hydrogen (secondary N) is 3. The Labute approximate surface area is 176 Å². The van der Waals surface area contributed by atoms with Crippen LogP contribution in [0.3, 0.4) is 0 Å². The number of para-hydroxylation sites is 1. The average Bonchev–Trinajstić information content (AvgIpc) is 3.40. The maximum atomic E-state index is 13.1. The number of amides is 1. The Balaban J connectivity index is 1.49. The van der Waals surface area contributed by atoms with Crippen molar-refractivity contribution in [2.24, 2.45) is 5.92 Å². The molecule has 1 aliphatic heterocycles. The van der Waals surface area contributed by atoms with Crippen LogP contribution in [0.25, 0.3) is 5.65 Å². The molecule has 1 fully saturated rings. The molecule has 3 N–H and O–H groups in total. The van der Waals surface area contributed by atoms with E-state index in [1.54, 1.807) is 7.11 Å². The van der Waals surface area contributed by atoms with Crippen molar-refractivity contribution >= 4 is 11.6 Å². The third kappa shape index (κ3) is 4.15. The first-order valence-electron chi connectivity index (χ1n) is 10.3. The van der Waals surface area contributed by atoms with E-state index in [9.17, 15) is 4.79 Å². The number of pyridine rings is 1. The van der Waals surface area contributed by atoms with Gasteiger partial charge in [-0.05, 0) is 37.0 Å². The van der Waals surface area contributed by atoms with Gasteiger partial charge in [-0.3, -0.25) is 9.20 Å². The minimum Gasteiger partial charge on any atom is -0.496 e. The van der Waals surface area contributed by atoms with Crippen molar-refractivity contribution in [1.29, 1.82) is 0 Å². The van der Waals surface area contributed by atoms with Crippen molar-refractivity contribution in [3.63, 3.8) is 0 Å². The minimum atomic E-state index is -0.353. The summed E-state index contributed by atoms with van der Waals surface area (Å²) in [7, 11) is 1.66. The van der Waals surface area contributed by atoms with E-state index >= 15 is 0 Å². The molecule has 0 saturated carbocycles. The highest BCUT2D eigenvalue weighted by atomic mass is 16.5. The van der Waals surface area contributed by atoms with Crippen LogP contribution < -0.4 is 20.9 Å². The number of rotatable bonds is 7. The summed E-state index contributed by atoms with van der Waals surface area (Å²) in [6.45, 7) is 4.27. The van der Waals surface area contributed by atoms with Gasteiger partial charge in [0.2, 0.25) is 5.91 Å². The second-order valence-corrected chi connectivity index (χ2v) is 8.05. The van der Waals surface area contributed by atoms with Crippen LogP contribution in [-0.2, 0) is 4.79 Å². The lowest BCUT2D eigenvalue weighted by molar-refractivity contribution is -0.123. The van der Waals surface area contributed by atoms with Crippen LogP contribution in [0, 0.1) is 5.92 Å². The van der Waals surface area contributed by atoms with Crippen LogP contribution in [0.5, 0.6) is 5.75 Å². The number of hydrogen-bond donors (Lipinski definition) is 3. The van der Waals surface area contributed by atoms with E-state index < -0.39 is 0 Å². The smallest absolute Gasteiger partial charge is 0.239 e. The van der Waals surface area contributed by atoms with Gasteiger partial charge < -0.3 is 10.1 Å². The number of methoxy groups -OCH3 is 1. The fourth-order valence-electron chi connectivity index (χ4n) is 3.96. The van der Waals surface area contributed by atoms with Crippen LogP contribution in [-0.4, -0.2) is 33.7 Å². The lowest BCUT2D eigenvalue weighted by Crippen LogP contribution is -2.45. The normalized spacial score (nSPS) is 19.9. The molecule has 3 atom stereocenters. The van der Waals surface area contributed by atoms with E-state index in [1.165, 1.54) is 0 Å². The van der Waals surface area contributed by atoms with Gasteiger partial charge in [-0.2, -0.15) is 0 Å². The van der Waals surface area contributed by atoms with E-state index in [0.717, 1.165) is 29.2 Å². The molecule has 3 unspecified atom stereocenters. The first-order chi connectivity index (χ1) is 14.6. The number of carbonyl (C=O) groups is 1. The Hall–Kier alpha value is -2.97. The number of fused-ring (bicyclic) bond motifs is 1. The molecule has 1 aliphatic rings. The molecule has 0 spiro atoms. The van der Waals surface area contributed by atoms with Gasteiger partial charge in [-0.25, -0.2) is 10.9 Å². The SMILES string of the molecule is COc1ccccc1C1CC(C(=O)NC(CC(C)C)c2nnc3ccccn23)NN1. The fourth-order valence-corrected chi connectivity index (χ4v) is 3.96. The lowest BCUT2D eigenvalue weighted by atomic mass is 9.99. The van der Waals surface area contributed by atoms with Crippen LogP contribution in [0.15, 0.2) is 48.7 Å². The average molecular weight is 409 g/mol. The Morgan fingerprint density at radius 2 is 2.00 bits per heavy atom. The Morgan fingerprint density at radius 1 is 1.20 bits per heavy atom. The van der Waals surface area contributed by atoms with Crippen LogP contribution in [0.4, 0.5) is 0 Å². The summed E-state index contributed by atoms with van der Waals surface area (Å²) in [6, 6.07) is 13.1. The standard InChI is InChI=1S/C22H28N6O2/c1-14(2)12-17(21-27-26-20-10-6-7-11-28(20)21)23-22(29)18-13-16(24-25-18)15-8-4-5-9-19(15)30-3/h4-11,14,16-18,24-25H,12-13H2,1-3H3,(H,23,29). The third-order valence-corrected chi connectivity index (χ3v) is 5.41. The summed E-state index contributed by atoms with van der Waals surface area (Å²) < 4.78 is 7.40. The number of benzene rings is 1. The second-order valence-electron chi connectivity index (χ2n) is 8.05. The number of hydrogen-bond acceptors (Lipinski definition) is 6. The molecule has 3 aromatic rings. The molecule has 0 aliphatic carbocycles. The second kappa shape index (κ2) is 8.81. The maximum absolute atomic E-state index is 13.1. The summed E-state index contributed by atoms with van der Waals surface area (Å²) in [5.74, 6) is 1.89. The van der Waals surface area contributed by atoms with Gasteiger partial charge in [0.05, 0.1) is 19.2 Å². The maximum Gasteiger partial charge on any atom is 0.239 e. The zero-order valence-electron chi connectivity index (χ0n) is 17.5. The number of hydrazine groups is 1. The molecule has 3 heterocycles. The molecule has 8 heteroatoms. The summed E-state index contributed by atoms with van der Waals surface area (Å²) in [4.78, 5) is 13.1. The number of ether oxygens (including phenoxy) is 1. The van der Waals surface area contributed by atoms with Crippen LogP contribution in [0.1, 0.15) is 50.2 Å². The third-order valence-electron chi connectivity index (χ3n) is 5.41. The van der Waals surface area contributed by atoms with Crippen LogP contribution in [0.2, 0.25) is 0 Å². The minimum absolute atomic E-state index is 0.00521. The van der Waals surface area contributed by atoms with Gasteiger partial charge in [0.1, 0.15) is 11.8 Å². The largest absolute Gasteiger partial charge is 0.496 e. The van der Waals surface area contributed by atoms with Gasteiger partial charge in [0, 0.05) is 11.8 Å². The highest BCUT2D eigenvalue weighted by Gasteiger charge is 2.33. The van der Waals surface area contributed by atoms with Crippen molar-refractivity contribution in [3.05, 3.63) is 60.0 Å². The van der Waals surface area contributed by atoms with E-state index in [-0.39, 0.29) is 24.0 Å². The molecule has 0 radical (unpaired) electrons. The highest BCUT2D eigenvalue weighted by molar-refractivity contribution is 5.82. The summed E-state index contributed by atoms with van der Waals surface area (Å²) in [6.07, 6.45) is 3.33. The zero-order valence-corrected chi connectivity index (χ0v) is 17.5. The summed E-state index contributed by atoms with van der Waals surface area (Å²) >= 11 is 0. The quantitative estimate of drug-likeness (QED) is 0.556. The van der Waals surface area contributed by atoms with Crippen molar-refractivity contribution in [1.82, 2.24) is 30.8 Å². The molecule has 30 heavy (non-hydrogen) atoms. The van der Waals surface area contributed by atoms with Crippen molar-refractivity contribution in [3.8, 4) is 5.75 Å². The number of nitrogens with zero attached hydrogens (tertiary/aromatic N) is 3. The van der Waals surface area contributed by atoms with E-state index in [2.05, 4.69) is 40.2 Å². The summed E-state index contributed by atoms with van der Waals surface area (Å²) in [5, 5.41) is 11.8. The first-order valence-corrected chi connectivity index (χ1v) is 10.3. The molecule has 158 valence electrons. The molecule has 1 amide bonds. The van der Waals surface area contributed by atoms with Gasteiger partial charge in [0.15, 0.2) is 11.5 Å². The Morgan fingerprint density at radius 3 is 2.80 bits per heavy atom. The van der Waals surface area contributed by atoms with E-state index in [0.29, 0.717) is 12.3 Å². The summed E-state index contributed by atoms with van der Waals surface area (Å²) in [5.41, 5.74) is 8.17. The topological polar surface area (TPSA) is 92.6 Å². The van der Waals surface area contributed by atoms with Gasteiger partial charge >= 0.3 is 0 Å². The lowest BCUT2D eigenvalue weighted by Gasteiger charge is -2.21. The van der Waals surface area contributed by atoms with Gasteiger partial charge in [-0.1, -0.05) is 38.1 Å². The number of carbonyl (C=O) groups excluding carboxylic acids is 1. The van der Waals surface area contributed by atoms with Crippen molar-refractivity contribution in [2.45, 2.75) is 44.8 Å². The van der Waals surface area contributed by atoms with Crippen molar-refractivity contribution in [2.75, 3.05) is 7.11 Å². The van der Waals surface area contributed by atoms with Gasteiger partial charge in [0.25, 0.3) is 0 Å². The first kappa shape index (κ1) is 20.3. The molecule has 2 aromatic heterocycles. The molecule has 1 saturated heterocycles. The zero-order chi connectivity index (χ0) is 21.1. The predicted octanol–water partition coefficient (Wildman–Crippen LogP) is 2.55. The molecular formula is C22H28N6O2. The molecule has 4 rings (SSSR count). The molecular weight excluding hydrogens is 380 g/mol. The Kier molecular flexibility index (Phi) is 5.96. The molecule has 0 bridgehead atoms.